The van der Waals surface area contributed by atoms with Gasteiger partial charge in [0, 0.05) is 13.2 Å². The van der Waals surface area contributed by atoms with Crippen LogP contribution in [-0.2, 0) is 9.53 Å². The molecular formula is C11H20O4. The highest BCUT2D eigenvalue weighted by molar-refractivity contribution is 5.75. The first-order valence-corrected chi connectivity index (χ1v) is 5.63. The van der Waals surface area contributed by atoms with Crippen molar-refractivity contribution in [1.82, 2.24) is 0 Å². The topological polar surface area (TPSA) is 66.8 Å². The Labute approximate surface area is 90.2 Å². The van der Waals surface area contributed by atoms with Gasteiger partial charge in [0.05, 0.1) is 12.0 Å². The number of unbranched alkanes of at least 4 members (excludes halogenated alkanes) is 3. The maximum absolute atomic E-state index is 11.1. The molecule has 0 aromatic rings. The molecule has 1 fully saturated rings. The summed E-state index contributed by atoms with van der Waals surface area (Å²) < 4.78 is 5.18. The number of carboxylic acid groups (broad SMARTS) is 1. The van der Waals surface area contributed by atoms with Crippen molar-refractivity contribution >= 4 is 5.97 Å². The second-order valence-electron chi connectivity index (χ2n) is 4.28. The third kappa shape index (κ3) is 3.47. The molecule has 1 aliphatic rings. The second kappa shape index (κ2) is 6.08. The Morgan fingerprint density at radius 2 is 2.00 bits per heavy atom. The Balaban J connectivity index is 2.24. The van der Waals surface area contributed by atoms with Gasteiger partial charge in [-0.3, -0.25) is 4.79 Å². The molecule has 0 aromatic carbocycles. The molecule has 0 saturated carbocycles. The molecule has 2 N–H and O–H groups in total. The van der Waals surface area contributed by atoms with Crippen LogP contribution >= 0.6 is 0 Å². The van der Waals surface area contributed by atoms with Crippen LogP contribution in [0.4, 0.5) is 0 Å². The highest BCUT2D eigenvalue weighted by Crippen LogP contribution is 2.34. The average molecular weight is 216 g/mol. The summed E-state index contributed by atoms with van der Waals surface area (Å²) in [7, 11) is 0. The largest absolute Gasteiger partial charge is 0.481 e. The van der Waals surface area contributed by atoms with Gasteiger partial charge in [-0.2, -0.15) is 0 Å². The lowest BCUT2D eigenvalue weighted by atomic mass is 9.82. The van der Waals surface area contributed by atoms with Gasteiger partial charge in [-0.05, 0) is 19.3 Å². The summed E-state index contributed by atoms with van der Waals surface area (Å²) in [5.74, 6) is -0.720. The molecule has 1 saturated heterocycles. The van der Waals surface area contributed by atoms with Crippen molar-refractivity contribution in [1.29, 1.82) is 0 Å². The van der Waals surface area contributed by atoms with Gasteiger partial charge in [-0.15, -0.1) is 0 Å². The van der Waals surface area contributed by atoms with Gasteiger partial charge >= 0.3 is 5.97 Å². The van der Waals surface area contributed by atoms with Crippen molar-refractivity contribution in [3.05, 3.63) is 0 Å². The highest BCUT2D eigenvalue weighted by atomic mass is 16.5. The first-order chi connectivity index (χ1) is 7.21. The summed E-state index contributed by atoms with van der Waals surface area (Å²) in [4.78, 5) is 11.1. The molecule has 4 nitrogen and oxygen atoms in total. The fraction of sp³-hybridized carbons (Fsp3) is 0.909. The summed E-state index contributed by atoms with van der Waals surface area (Å²) in [5, 5.41) is 17.7. The average Bonchev–Trinajstić information content (AvgIpc) is 2.67. The SMILES string of the molecule is O=C(O)C1(CCCCCCO)CCOC1. The number of carbonyl (C=O) groups is 1. The molecule has 88 valence electrons. The summed E-state index contributed by atoms with van der Waals surface area (Å²) >= 11 is 0. The van der Waals surface area contributed by atoms with Gasteiger partial charge < -0.3 is 14.9 Å². The van der Waals surface area contributed by atoms with E-state index < -0.39 is 11.4 Å². The third-order valence-electron chi connectivity index (χ3n) is 3.12. The molecule has 15 heavy (non-hydrogen) atoms. The lowest BCUT2D eigenvalue weighted by Crippen LogP contribution is -2.31. The fourth-order valence-corrected chi connectivity index (χ4v) is 2.01. The zero-order valence-electron chi connectivity index (χ0n) is 9.07. The zero-order chi connectivity index (χ0) is 11.1. The molecule has 1 aliphatic heterocycles. The monoisotopic (exact) mass is 216 g/mol. The highest BCUT2D eigenvalue weighted by Gasteiger charge is 2.41. The first kappa shape index (κ1) is 12.5. The minimum Gasteiger partial charge on any atom is -0.481 e. The van der Waals surface area contributed by atoms with Crippen LogP contribution in [0, 0.1) is 5.41 Å². The number of aliphatic carboxylic acids is 1. The van der Waals surface area contributed by atoms with Gasteiger partial charge in [0.2, 0.25) is 0 Å². The van der Waals surface area contributed by atoms with E-state index in [1.807, 2.05) is 0 Å². The summed E-state index contributed by atoms with van der Waals surface area (Å²) in [6.45, 7) is 1.17. The number of hydrogen-bond acceptors (Lipinski definition) is 3. The third-order valence-corrected chi connectivity index (χ3v) is 3.12. The maximum Gasteiger partial charge on any atom is 0.312 e. The summed E-state index contributed by atoms with van der Waals surface area (Å²) in [6.07, 6.45) is 5.05. The molecule has 0 bridgehead atoms. The second-order valence-corrected chi connectivity index (χ2v) is 4.28. The molecule has 1 atom stereocenters. The molecule has 0 radical (unpaired) electrons. The van der Waals surface area contributed by atoms with Gasteiger partial charge in [0.1, 0.15) is 0 Å². The van der Waals surface area contributed by atoms with Crippen molar-refractivity contribution in [2.45, 2.75) is 38.5 Å². The van der Waals surface area contributed by atoms with E-state index in [0.29, 0.717) is 26.1 Å². The Kier molecular flexibility index (Phi) is 5.05. The zero-order valence-corrected chi connectivity index (χ0v) is 9.07. The van der Waals surface area contributed by atoms with Crippen LogP contribution < -0.4 is 0 Å². The Morgan fingerprint density at radius 1 is 1.27 bits per heavy atom. The van der Waals surface area contributed by atoms with Crippen molar-refractivity contribution in [3.63, 3.8) is 0 Å². The standard InChI is InChI=1S/C11H20O4/c12-7-4-2-1-3-5-11(10(13)14)6-8-15-9-11/h12H,1-9H2,(H,13,14). The van der Waals surface area contributed by atoms with E-state index in [-0.39, 0.29) is 6.61 Å². The van der Waals surface area contributed by atoms with Gasteiger partial charge in [0.25, 0.3) is 0 Å². The summed E-state index contributed by atoms with van der Waals surface area (Å²) in [5.41, 5.74) is -0.626. The Hall–Kier alpha value is -0.610. The first-order valence-electron chi connectivity index (χ1n) is 5.63. The van der Waals surface area contributed by atoms with E-state index in [9.17, 15) is 4.79 Å². The molecule has 0 amide bonds. The van der Waals surface area contributed by atoms with Crippen LogP contribution in [0.25, 0.3) is 0 Å². The Morgan fingerprint density at radius 3 is 2.53 bits per heavy atom. The normalized spacial score (nSPS) is 25.7. The van der Waals surface area contributed by atoms with Crippen molar-refractivity contribution in [3.8, 4) is 0 Å². The molecule has 1 heterocycles. The van der Waals surface area contributed by atoms with Crippen LogP contribution in [0.2, 0.25) is 0 Å². The Bertz CT molecular complexity index is 197. The number of aliphatic hydroxyl groups is 1. The lowest BCUT2D eigenvalue weighted by molar-refractivity contribution is -0.149. The van der Waals surface area contributed by atoms with E-state index in [1.165, 1.54) is 0 Å². The number of rotatable bonds is 7. The smallest absolute Gasteiger partial charge is 0.312 e. The maximum atomic E-state index is 11.1. The lowest BCUT2D eigenvalue weighted by Gasteiger charge is -2.21. The van der Waals surface area contributed by atoms with Gasteiger partial charge in [-0.1, -0.05) is 19.3 Å². The summed E-state index contributed by atoms with van der Waals surface area (Å²) in [6, 6.07) is 0. The van der Waals surface area contributed by atoms with Crippen LogP contribution in [0.15, 0.2) is 0 Å². The van der Waals surface area contributed by atoms with Crippen LogP contribution in [0.5, 0.6) is 0 Å². The molecule has 0 aliphatic carbocycles. The number of hydrogen-bond donors (Lipinski definition) is 2. The molecule has 4 heteroatoms. The van der Waals surface area contributed by atoms with E-state index in [2.05, 4.69) is 0 Å². The van der Waals surface area contributed by atoms with E-state index in [0.717, 1.165) is 25.7 Å². The van der Waals surface area contributed by atoms with Crippen LogP contribution in [0.1, 0.15) is 38.5 Å². The van der Waals surface area contributed by atoms with Crippen molar-refractivity contribution < 1.29 is 19.7 Å². The van der Waals surface area contributed by atoms with Gasteiger partial charge in [-0.25, -0.2) is 0 Å². The van der Waals surface area contributed by atoms with Crippen LogP contribution in [-0.4, -0.2) is 36.0 Å². The predicted octanol–water partition coefficient (Wildman–Crippen LogP) is 1.42. The minimum atomic E-state index is -0.720. The quantitative estimate of drug-likeness (QED) is 0.632. The number of aliphatic hydroxyl groups excluding tert-OH is 1. The van der Waals surface area contributed by atoms with Crippen LogP contribution in [0.3, 0.4) is 0 Å². The van der Waals surface area contributed by atoms with Crippen molar-refractivity contribution in [2.75, 3.05) is 19.8 Å². The van der Waals surface area contributed by atoms with Crippen molar-refractivity contribution in [2.24, 2.45) is 5.41 Å². The molecule has 1 rings (SSSR count). The van der Waals surface area contributed by atoms with E-state index >= 15 is 0 Å². The molecule has 1 unspecified atom stereocenters. The fourth-order valence-electron chi connectivity index (χ4n) is 2.01. The number of carboxylic acids is 1. The molecular weight excluding hydrogens is 196 g/mol. The van der Waals surface area contributed by atoms with Gasteiger partial charge in [0.15, 0.2) is 0 Å². The van der Waals surface area contributed by atoms with E-state index in [1.54, 1.807) is 0 Å². The van der Waals surface area contributed by atoms with E-state index in [4.69, 9.17) is 14.9 Å². The molecule has 0 spiro atoms. The predicted molar refractivity (Wildman–Crippen MR) is 55.7 cm³/mol. The number of ether oxygens (including phenoxy) is 1. The molecule has 0 aromatic heterocycles. The minimum absolute atomic E-state index is 0.229.